The summed E-state index contributed by atoms with van der Waals surface area (Å²) in [5.74, 6) is 0. The lowest BCUT2D eigenvalue weighted by Crippen LogP contribution is -2.07. The third-order valence-corrected chi connectivity index (χ3v) is 1.98. The van der Waals surface area contributed by atoms with E-state index in [9.17, 15) is 13.2 Å². The van der Waals surface area contributed by atoms with Gasteiger partial charge in [-0.25, -0.2) is 4.98 Å². The minimum absolute atomic E-state index is 0.141. The van der Waals surface area contributed by atoms with Gasteiger partial charge in [-0.2, -0.15) is 13.2 Å². The number of hydrogen-bond donors (Lipinski definition) is 0. The highest BCUT2D eigenvalue weighted by molar-refractivity contribution is 5.74. The summed E-state index contributed by atoms with van der Waals surface area (Å²) in [4.78, 5) is 3.67. The normalized spacial score (nSPS) is 12.3. The molecule has 0 spiro atoms. The number of halogens is 3. The van der Waals surface area contributed by atoms with Gasteiger partial charge >= 0.3 is 6.18 Å². The first-order valence-electron chi connectivity index (χ1n) is 3.89. The van der Waals surface area contributed by atoms with Crippen LogP contribution in [0, 0.1) is 6.92 Å². The first kappa shape index (κ1) is 9.05. The number of rotatable bonds is 0. The van der Waals surface area contributed by atoms with Gasteiger partial charge < -0.3 is 4.42 Å². The Morgan fingerprint density at radius 1 is 1.29 bits per heavy atom. The molecule has 0 N–H and O–H groups in total. The van der Waals surface area contributed by atoms with E-state index >= 15 is 0 Å². The Kier molecular flexibility index (Phi) is 1.77. The summed E-state index contributed by atoms with van der Waals surface area (Å²) in [6, 6.07) is 2.33. The van der Waals surface area contributed by atoms with Crippen molar-refractivity contribution in [1.82, 2.24) is 4.98 Å². The van der Waals surface area contributed by atoms with Crippen molar-refractivity contribution in [2.24, 2.45) is 0 Å². The molecule has 0 radical (unpaired) electrons. The number of aryl methyl sites for hydroxylation is 1. The van der Waals surface area contributed by atoms with Gasteiger partial charge in [-0.15, -0.1) is 0 Å². The number of fused-ring (bicyclic) bond motifs is 1. The molecule has 1 aromatic carbocycles. The highest BCUT2D eigenvalue weighted by atomic mass is 19.4. The zero-order chi connectivity index (χ0) is 10.3. The average Bonchev–Trinajstić information content (AvgIpc) is 2.47. The van der Waals surface area contributed by atoms with Gasteiger partial charge in [0.1, 0.15) is 5.52 Å². The zero-order valence-electron chi connectivity index (χ0n) is 7.22. The summed E-state index contributed by atoms with van der Waals surface area (Å²) in [7, 11) is 0. The molecule has 0 aliphatic carbocycles. The van der Waals surface area contributed by atoms with Crippen LogP contribution in [0.25, 0.3) is 11.1 Å². The first-order valence-corrected chi connectivity index (χ1v) is 3.89. The van der Waals surface area contributed by atoms with Crippen molar-refractivity contribution in [2.45, 2.75) is 13.1 Å². The smallest absolute Gasteiger partial charge is 0.416 e. The van der Waals surface area contributed by atoms with Gasteiger partial charge in [-0.1, -0.05) is 0 Å². The van der Waals surface area contributed by atoms with E-state index in [1.54, 1.807) is 0 Å². The SMILES string of the molecule is Cc1cc2ocnc2cc1C(F)(F)F. The fourth-order valence-corrected chi connectivity index (χ4v) is 1.31. The standard InChI is InChI=1S/C9H6F3NO/c1-5-2-8-7(13-4-14-8)3-6(5)9(10,11)12/h2-4H,1H3. The van der Waals surface area contributed by atoms with Crippen molar-refractivity contribution in [3.8, 4) is 0 Å². The van der Waals surface area contributed by atoms with Crippen molar-refractivity contribution in [2.75, 3.05) is 0 Å². The van der Waals surface area contributed by atoms with Gasteiger partial charge in [0.15, 0.2) is 12.0 Å². The van der Waals surface area contributed by atoms with E-state index in [2.05, 4.69) is 4.98 Å². The maximum absolute atomic E-state index is 12.4. The fourth-order valence-electron chi connectivity index (χ4n) is 1.31. The van der Waals surface area contributed by atoms with Crippen LogP contribution in [-0.4, -0.2) is 4.98 Å². The van der Waals surface area contributed by atoms with E-state index in [1.165, 1.54) is 13.0 Å². The predicted molar refractivity (Wildman–Crippen MR) is 43.7 cm³/mol. The largest absolute Gasteiger partial charge is 0.443 e. The summed E-state index contributed by atoms with van der Waals surface area (Å²) in [5, 5.41) is 0. The Morgan fingerprint density at radius 3 is 2.64 bits per heavy atom. The second kappa shape index (κ2) is 2.73. The lowest BCUT2D eigenvalue weighted by molar-refractivity contribution is -0.137. The van der Waals surface area contributed by atoms with E-state index in [-0.39, 0.29) is 11.1 Å². The molecule has 0 saturated heterocycles. The van der Waals surface area contributed by atoms with Gasteiger partial charge in [0.25, 0.3) is 0 Å². The molecule has 2 rings (SSSR count). The summed E-state index contributed by atoms with van der Waals surface area (Å²) in [6.07, 6.45) is -3.21. The average molecular weight is 201 g/mol. The molecule has 2 aromatic rings. The molecular weight excluding hydrogens is 195 g/mol. The first-order chi connectivity index (χ1) is 6.48. The summed E-state index contributed by atoms with van der Waals surface area (Å²) < 4.78 is 42.2. The molecule has 0 saturated carbocycles. The van der Waals surface area contributed by atoms with Crippen LogP contribution < -0.4 is 0 Å². The molecule has 74 valence electrons. The predicted octanol–water partition coefficient (Wildman–Crippen LogP) is 3.16. The van der Waals surface area contributed by atoms with E-state index in [1.807, 2.05) is 0 Å². The maximum atomic E-state index is 12.4. The monoisotopic (exact) mass is 201 g/mol. The number of aromatic nitrogens is 1. The van der Waals surface area contributed by atoms with Crippen LogP contribution in [0.5, 0.6) is 0 Å². The van der Waals surface area contributed by atoms with Crippen LogP contribution in [0.4, 0.5) is 13.2 Å². The third kappa shape index (κ3) is 1.34. The van der Waals surface area contributed by atoms with Crippen molar-refractivity contribution in [1.29, 1.82) is 0 Å². The van der Waals surface area contributed by atoms with Gasteiger partial charge in [0, 0.05) is 0 Å². The minimum atomic E-state index is -4.34. The summed E-state index contributed by atoms with van der Waals surface area (Å²) in [6.45, 7) is 1.39. The number of alkyl halides is 3. The van der Waals surface area contributed by atoms with E-state index in [0.717, 1.165) is 12.5 Å². The molecule has 5 heteroatoms. The molecule has 1 aromatic heterocycles. The lowest BCUT2D eigenvalue weighted by atomic mass is 10.1. The van der Waals surface area contributed by atoms with Gasteiger partial charge in [-0.3, -0.25) is 0 Å². The third-order valence-electron chi connectivity index (χ3n) is 1.98. The quantitative estimate of drug-likeness (QED) is 0.654. The molecule has 0 aliphatic heterocycles. The van der Waals surface area contributed by atoms with Crippen LogP contribution >= 0.6 is 0 Å². The molecule has 2 nitrogen and oxygen atoms in total. The Labute approximate surface area is 77.4 Å². The fraction of sp³-hybridized carbons (Fsp3) is 0.222. The van der Waals surface area contributed by atoms with Crippen LogP contribution in [0.3, 0.4) is 0 Å². The van der Waals surface area contributed by atoms with Crippen LogP contribution in [-0.2, 0) is 6.18 Å². The Bertz CT molecular complexity index is 472. The molecule has 0 bridgehead atoms. The highest BCUT2D eigenvalue weighted by Crippen LogP contribution is 2.33. The lowest BCUT2D eigenvalue weighted by Gasteiger charge is -2.08. The van der Waals surface area contributed by atoms with Crippen LogP contribution in [0.1, 0.15) is 11.1 Å². The minimum Gasteiger partial charge on any atom is -0.443 e. The van der Waals surface area contributed by atoms with Crippen molar-refractivity contribution < 1.29 is 17.6 Å². The van der Waals surface area contributed by atoms with E-state index in [0.29, 0.717) is 5.58 Å². The number of benzene rings is 1. The second-order valence-corrected chi connectivity index (χ2v) is 2.98. The number of oxazole rings is 1. The van der Waals surface area contributed by atoms with Crippen LogP contribution in [0.2, 0.25) is 0 Å². The Hall–Kier alpha value is -1.52. The number of nitrogens with zero attached hydrogens (tertiary/aromatic N) is 1. The topological polar surface area (TPSA) is 26.0 Å². The van der Waals surface area contributed by atoms with Crippen molar-refractivity contribution in [3.63, 3.8) is 0 Å². The summed E-state index contributed by atoms with van der Waals surface area (Å²) in [5.41, 5.74) is 0.0686. The Morgan fingerprint density at radius 2 is 2.00 bits per heavy atom. The molecule has 0 atom stereocenters. The molecule has 0 unspecified atom stereocenters. The molecule has 1 heterocycles. The molecule has 0 amide bonds. The molecule has 14 heavy (non-hydrogen) atoms. The van der Waals surface area contributed by atoms with E-state index in [4.69, 9.17) is 4.42 Å². The number of hydrogen-bond acceptors (Lipinski definition) is 2. The molecule has 0 fully saturated rings. The molecule has 0 aliphatic rings. The highest BCUT2D eigenvalue weighted by Gasteiger charge is 2.32. The Balaban J connectivity index is 2.71. The summed E-state index contributed by atoms with van der Waals surface area (Å²) >= 11 is 0. The van der Waals surface area contributed by atoms with Gasteiger partial charge in [0.05, 0.1) is 5.56 Å². The zero-order valence-corrected chi connectivity index (χ0v) is 7.22. The second-order valence-electron chi connectivity index (χ2n) is 2.98. The van der Waals surface area contributed by atoms with Crippen molar-refractivity contribution in [3.05, 3.63) is 29.7 Å². The van der Waals surface area contributed by atoms with Crippen molar-refractivity contribution >= 4 is 11.1 Å². The maximum Gasteiger partial charge on any atom is 0.416 e. The molecular formula is C9H6F3NO. The van der Waals surface area contributed by atoms with E-state index < -0.39 is 11.7 Å². The van der Waals surface area contributed by atoms with Crippen LogP contribution in [0.15, 0.2) is 22.9 Å². The van der Waals surface area contributed by atoms with Gasteiger partial charge in [0.2, 0.25) is 0 Å². The van der Waals surface area contributed by atoms with Gasteiger partial charge in [-0.05, 0) is 24.6 Å².